The third-order valence-electron chi connectivity index (χ3n) is 3.57. The van der Waals surface area contributed by atoms with Gasteiger partial charge in [0.2, 0.25) is 0 Å². The molecule has 0 saturated carbocycles. The second-order valence-corrected chi connectivity index (χ2v) is 5.16. The van der Waals surface area contributed by atoms with E-state index in [0.29, 0.717) is 19.8 Å². The summed E-state index contributed by atoms with van der Waals surface area (Å²) >= 11 is 0. The zero-order valence-electron chi connectivity index (χ0n) is 13.0. The van der Waals surface area contributed by atoms with E-state index in [1.807, 2.05) is 31.2 Å². The Bertz CT molecular complexity index is 384. The maximum absolute atomic E-state index is 10.5. The third-order valence-corrected chi connectivity index (χ3v) is 3.57. The molecule has 0 amide bonds. The number of nitrogens with zero attached hydrogens (tertiary/aromatic N) is 1. The van der Waals surface area contributed by atoms with Gasteiger partial charge >= 0.3 is 0 Å². The van der Waals surface area contributed by atoms with E-state index < -0.39 is 6.10 Å². The molecule has 20 heavy (non-hydrogen) atoms. The highest BCUT2D eigenvalue weighted by molar-refractivity contribution is 5.27. The van der Waals surface area contributed by atoms with Gasteiger partial charge in [-0.1, -0.05) is 24.3 Å². The van der Waals surface area contributed by atoms with Crippen molar-refractivity contribution >= 4 is 0 Å². The van der Waals surface area contributed by atoms with Gasteiger partial charge in [0, 0.05) is 33.4 Å². The van der Waals surface area contributed by atoms with Crippen LogP contribution >= 0.6 is 0 Å². The van der Waals surface area contributed by atoms with Gasteiger partial charge in [0.15, 0.2) is 0 Å². The van der Waals surface area contributed by atoms with Crippen molar-refractivity contribution in [2.45, 2.75) is 26.0 Å². The lowest BCUT2D eigenvalue weighted by Gasteiger charge is -2.30. The SMILES string of the molecule is COCCN(CC(O)c1ccccc1C)C(C)COC. The summed E-state index contributed by atoms with van der Waals surface area (Å²) in [6, 6.07) is 8.20. The Morgan fingerprint density at radius 2 is 1.90 bits per heavy atom. The van der Waals surface area contributed by atoms with Crippen molar-refractivity contribution in [1.29, 1.82) is 0 Å². The zero-order chi connectivity index (χ0) is 15.0. The van der Waals surface area contributed by atoms with Gasteiger partial charge in [0.25, 0.3) is 0 Å². The van der Waals surface area contributed by atoms with Crippen molar-refractivity contribution in [2.75, 3.05) is 40.5 Å². The molecular weight excluding hydrogens is 254 g/mol. The Morgan fingerprint density at radius 3 is 2.50 bits per heavy atom. The molecule has 4 nitrogen and oxygen atoms in total. The summed E-state index contributed by atoms with van der Waals surface area (Å²) in [4.78, 5) is 2.20. The number of aliphatic hydroxyl groups excluding tert-OH is 1. The lowest BCUT2D eigenvalue weighted by molar-refractivity contribution is 0.0384. The second-order valence-electron chi connectivity index (χ2n) is 5.16. The van der Waals surface area contributed by atoms with Crippen LogP contribution in [0, 0.1) is 6.92 Å². The molecule has 114 valence electrons. The van der Waals surface area contributed by atoms with Crippen LogP contribution in [0.1, 0.15) is 24.2 Å². The molecule has 0 fully saturated rings. The molecule has 4 heteroatoms. The molecule has 0 bridgehead atoms. The van der Waals surface area contributed by atoms with E-state index in [1.165, 1.54) is 0 Å². The average molecular weight is 281 g/mol. The maximum Gasteiger partial charge on any atom is 0.0919 e. The van der Waals surface area contributed by atoms with E-state index in [9.17, 15) is 5.11 Å². The van der Waals surface area contributed by atoms with E-state index >= 15 is 0 Å². The largest absolute Gasteiger partial charge is 0.387 e. The quantitative estimate of drug-likeness (QED) is 0.752. The second kappa shape index (κ2) is 9.08. The summed E-state index contributed by atoms with van der Waals surface area (Å²) in [5, 5.41) is 10.5. The van der Waals surface area contributed by atoms with Gasteiger partial charge < -0.3 is 14.6 Å². The van der Waals surface area contributed by atoms with Crippen LogP contribution in [0.15, 0.2) is 24.3 Å². The number of aryl methyl sites for hydroxylation is 1. The molecule has 1 N–H and O–H groups in total. The van der Waals surface area contributed by atoms with E-state index in [2.05, 4.69) is 11.8 Å². The molecule has 0 aliphatic heterocycles. The lowest BCUT2D eigenvalue weighted by atomic mass is 10.0. The van der Waals surface area contributed by atoms with E-state index in [4.69, 9.17) is 9.47 Å². The van der Waals surface area contributed by atoms with Gasteiger partial charge in [-0.05, 0) is 25.0 Å². The van der Waals surface area contributed by atoms with Gasteiger partial charge in [0.1, 0.15) is 0 Å². The summed E-state index contributed by atoms with van der Waals surface area (Å²) in [6.07, 6.45) is -0.493. The fraction of sp³-hybridized carbons (Fsp3) is 0.625. The van der Waals surface area contributed by atoms with Crippen LogP contribution in [0.3, 0.4) is 0 Å². The lowest BCUT2D eigenvalue weighted by Crippen LogP contribution is -2.41. The number of ether oxygens (including phenoxy) is 2. The van der Waals surface area contributed by atoms with Gasteiger partial charge in [-0.2, -0.15) is 0 Å². The highest BCUT2D eigenvalue weighted by Gasteiger charge is 2.19. The first-order chi connectivity index (χ1) is 9.60. The number of hydrogen-bond donors (Lipinski definition) is 1. The molecule has 0 saturated heterocycles. The first kappa shape index (κ1) is 17.1. The minimum absolute atomic E-state index is 0.244. The molecule has 1 rings (SSSR count). The van der Waals surface area contributed by atoms with E-state index in [-0.39, 0.29) is 6.04 Å². The predicted octanol–water partition coefficient (Wildman–Crippen LogP) is 2.01. The molecular formula is C16H27NO3. The van der Waals surface area contributed by atoms with Crippen LogP contribution in [0.25, 0.3) is 0 Å². The summed E-state index contributed by atoms with van der Waals surface area (Å²) in [6.45, 7) is 6.78. The molecule has 1 aromatic carbocycles. The Hall–Kier alpha value is -0.940. The van der Waals surface area contributed by atoms with E-state index in [1.54, 1.807) is 14.2 Å². The number of benzene rings is 1. The van der Waals surface area contributed by atoms with Crippen molar-refractivity contribution in [3.63, 3.8) is 0 Å². The Kier molecular flexibility index (Phi) is 7.77. The topological polar surface area (TPSA) is 41.9 Å². The van der Waals surface area contributed by atoms with E-state index in [0.717, 1.165) is 17.7 Å². The van der Waals surface area contributed by atoms with Crippen molar-refractivity contribution in [3.8, 4) is 0 Å². The number of methoxy groups -OCH3 is 2. The summed E-state index contributed by atoms with van der Waals surface area (Å²) < 4.78 is 10.4. The van der Waals surface area contributed by atoms with Crippen LogP contribution in [0.2, 0.25) is 0 Å². The minimum Gasteiger partial charge on any atom is -0.387 e. The molecule has 0 spiro atoms. The Balaban J connectivity index is 2.70. The number of hydrogen-bond acceptors (Lipinski definition) is 4. The van der Waals surface area contributed by atoms with Gasteiger partial charge in [-0.3, -0.25) is 4.90 Å². The zero-order valence-corrected chi connectivity index (χ0v) is 13.0. The predicted molar refractivity (Wildman–Crippen MR) is 80.9 cm³/mol. The van der Waals surface area contributed by atoms with Gasteiger partial charge in [0.05, 0.1) is 19.3 Å². The van der Waals surface area contributed by atoms with Crippen molar-refractivity contribution in [3.05, 3.63) is 35.4 Å². The number of rotatable bonds is 9. The smallest absolute Gasteiger partial charge is 0.0919 e. The Labute approximate surface area is 122 Å². The molecule has 0 aromatic heterocycles. The monoisotopic (exact) mass is 281 g/mol. The average Bonchev–Trinajstić information content (AvgIpc) is 2.43. The van der Waals surface area contributed by atoms with Crippen LogP contribution in [-0.4, -0.2) is 56.6 Å². The maximum atomic E-state index is 10.5. The highest BCUT2D eigenvalue weighted by Crippen LogP contribution is 2.19. The fourth-order valence-electron chi connectivity index (χ4n) is 2.33. The van der Waals surface area contributed by atoms with Gasteiger partial charge in [-0.15, -0.1) is 0 Å². The molecule has 0 heterocycles. The molecule has 1 aromatic rings. The first-order valence-corrected chi connectivity index (χ1v) is 7.05. The van der Waals surface area contributed by atoms with Crippen molar-refractivity contribution < 1.29 is 14.6 Å². The van der Waals surface area contributed by atoms with Crippen molar-refractivity contribution in [1.82, 2.24) is 4.90 Å². The molecule has 0 aliphatic rings. The molecule has 2 atom stereocenters. The number of aliphatic hydroxyl groups is 1. The van der Waals surface area contributed by atoms with Crippen LogP contribution < -0.4 is 0 Å². The summed E-state index contributed by atoms with van der Waals surface area (Å²) in [7, 11) is 3.39. The molecule has 0 radical (unpaired) electrons. The standard InChI is InChI=1S/C16H27NO3/c1-13-7-5-6-8-15(13)16(18)11-17(9-10-19-3)14(2)12-20-4/h5-8,14,16,18H,9-12H2,1-4H3. The van der Waals surface area contributed by atoms with Crippen LogP contribution in [-0.2, 0) is 9.47 Å². The fourth-order valence-corrected chi connectivity index (χ4v) is 2.33. The summed E-state index contributed by atoms with van der Waals surface area (Å²) in [5.74, 6) is 0. The first-order valence-electron chi connectivity index (χ1n) is 7.05. The van der Waals surface area contributed by atoms with Crippen LogP contribution in [0.4, 0.5) is 0 Å². The molecule has 2 unspecified atom stereocenters. The van der Waals surface area contributed by atoms with Crippen LogP contribution in [0.5, 0.6) is 0 Å². The summed E-state index contributed by atoms with van der Waals surface area (Å²) in [5.41, 5.74) is 2.10. The normalized spacial score (nSPS) is 14.5. The molecule has 0 aliphatic carbocycles. The minimum atomic E-state index is -0.493. The van der Waals surface area contributed by atoms with Gasteiger partial charge in [-0.25, -0.2) is 0 Å². The Morgan fingerprint density at radius 1 is 1.20 bits per heavy atom. The highest BCUT2D eigenvalue weighted by atomic mass is 16.5. The van der Waals surface area contributed by atoms with Crippen molar-refractivity contribution in [2.24, 2.45) is 0 Å². The third kappa shape index (κ3) is 5.21.